The third-order valence-corrected chi connectivity index (χ3v) is 5.07. The van der Waals surface area contributed by atoms with Gasteiger partial charge in [-0.2, -0.15) is 20.5 Å². The van der Waals surface area contributed by atoms with Crippen molar-refractivity contribution in [3.63, 3.8) is 0 Å². The SMILES string of the molecule is CC1SCCC1Nc1cc(Cl)cc(Br)c1OC(F)F. The van der Waals surface area contributed by atoms with Gasteiger partial charge in [-0.1, -0.05) is 18.5 Å². The Balaban J connectivity index is 2.26. The number of thioether (sulfide) groups is 1. The lowest BCUT2D eigenvalue weighted by molar-refractivity contribution is -0.0498. The monoisotopic (exact) mass is 371 g/mol. The smallest absolute Gasteiger partial charge is 0.387 e. The predicted octanol–water partition coefficient (Wildman–Crippen LogP) is 5.01. The second-order valence-corrected chi connectivity index (χ2v) is 7.03. The summed E-state index contributed by atoms with van der Waals surface area (Å²) in [6, 6.07) is 3.38. The molecule has 2 nitrogen and oxygen atoms in total. The summed E-state index contributed by atoms with van der Waals surface area (Å²) in [5.41, 5.74) is 0.499. The van der Waals surface area contributed by atoms with Crippen molar-refractivity contribution in [2.24, 2.45) is 0 Å². The van der Waals surface area contributed by atoms with Gasteiger partial charge in [-0.05, 0) is 40.2 Å². The van der Waals surface area contributed by atoms with Crippen molar-refractivity contribution in [3.05, 3.63) is 21.6 Å². The Hall–Kier alpha value is -0.200. The molecule has 106 valence electrons. The molecule has 2 atom stereocenters. The highest BCUT2D eigenvalue weighted by Gasteiger charge is 2.25. The summed E-state index contributed by atoms with van der Waals surface area (Å²) in [4.78, 5) is 0. The van der Waals surface area contributed by atoms with Gasteiger partial charge in [-0.15, -0.1) is 0 Å². The van der Waals surface area contributed by atoms with Crippen molar-refractivity contribution >= 4 is 45.0 Å². The summed E-state index contributed by atoms with van der Waals surface area (Å²) in [6.07, 6.45) is 0.990. The van der Waals surface area contributed by atoms with Crippen molar-refractivity contribution in [3.8, 4) is 5.75 Å². The lowest BCUT2D eigenvalue weighted by Crippen LogP contribution is -2.25. The minimum Gasteiger partial charge on any atom is -0.431 e. The van der Waals surface area contributed by atoms with E-state index in [1.165, 1.54) is 6.07 Å². The first-order valence-electron chi connectivity index (χ1n) is 5.79. The van der Waals surface area contributed by atoms with Crippen LogP contribution in [0.25, 0.3) is 0 Å². The van der Waals surface area contributed by atoms with Crippen LogP contribution in [0.2, 0.25) is 5.02 Å². The van der Waals surface area contributed by atoms with Gasteiger partial charge in [-0.3, -0.25) is 0 Å². The highest BCUT2D eigenvalue weighted by atomic mass is 79.9. The molecule has 1 fully saturated rings. The Morgan fingerprint density at radius 1 is 1.53 bits per heavy atom. The molecule has 1 aliphatic heterocycles. The number of halogens is 4. The van der Waals surface area contributed by atoms with Crippen LogP contribution in [0.4, 0.5) is 14.5 Å². The molecule has 1 aliphatic rings. The van der Waals surface area contributed by atoms with Crippen molar-refractivity contribution in [2.45, 2.75) is 31.2 Å². The molecule has 1 aromatic carbocycles. The number of hydrogen-bond acceptors (Lipinski definition) is 3. The third-order valence-electron chi connectivity index (χ3n) is 2.93. The lowest BCUT2D eigenvalue weighted by Gasteiger charge is -2.21. The maximum Gasteiger partial charge on any atom is 0.387 e. The molecule has 19 heavy (non-hydrogen) atoms. The zero-order chi connectivity index (χ0) is 14.0. The number of ether oxygens (including phenoxy) is 1. The number of rotatable bonds is 4. The van der Waals surface area contributed by atoms with Crippen LogP contribution in [0.5, 0.6) is 5.75 Å². The van der Waals surface area contributed by atoms with E-state index in [9.17, 15) is 8.78 Å². The molecule has 1 N–H and O–H groups in total. The Morgan fingerprint density at radius 3 is 2.84 bits per heavy atom. The van der Waals surface area contributed by atoms with Gasteiger partial charge in [0.05, 0.1) is 10.2 Å². The van der Waals surface area contributed by atoms with Crippen LogP contribution in [0.15, 0.2) is 16.6 Å². The summed E-state index contributed by atoms with van der Waals surface area (Å²) in [5.74, 6) is 1.16. The molecule has 7 heteroatoms. The fraction of sp³-hybridized carbons (Fsp3) is 0.500. The maximum atomic E-state index is 12.5. The Labute approximate surface area is 128 Å². The van der Waals surface area contributed by atoms with Gasteiger partial charge >= 0.3 is 6.61 Å². The van der Waals surface area contributed by atoms with Crippen LogP contribution in [-0.4, -0.2) is 23.7 Å². The normalized spacial score (nSPS) is 22.8. The van der Waals surface area contributed by atoms with E-state index in [4.69, 9.17) is 11.6 Å². The molecule has 0 radical (unpaired) electrons. The second-order valence-electron chi connectivity index (χ2n) is 4.26. The minimum atomic E-state index is -2.87. The molecule has 0 spiro atoms. The first-order valence-corrected chi connectivity index (χ1v) is 8.01. The van der Waals surface area contributed by atoms with E-state index in [1.807, 2.05) is 11.8 Å². The van der Waals surface area contributed by atoms with E-state index in [0.29, 0.717) is 20.4 Å². The van der Waals surface area contributed by atoms with E-state index in [0.717, 1.165) is 12.2 Å². The van der Waals surface area contributed by atoms with Gasteiger partial charge in [0.2, 0.25) is 0 Å². The molecule has 1 heterocycles. The lowest BCUT2D eigenvalue weighted by atomic mass is 10.1. The summed E-state index contributed by atoms with van der Waals surface area (Å²) < 4.78 is 29.9. The second kappa shape index (κ2) is 6.50. The molecule has 0 bridgehead atoms. The summed E-state index contributed by atoms with van der Waals surface area (Å²) in [6.45, 7) is -0.754. The van der Waals surface area contributed by atoms with Crippen molar-refractivity contribution < 1.29 is 13.5 Å². The van der Waals surface area contributed by atoms with E-state index >= 15 is 0 Å². The standard InChI is InChI=1S/C12H13BrClF2NOS/c1-6-9(2-3-19-6)17-10-5-7(14)4-8(13)11(10)18-12(15)16/h4-6,9,12,17H,2-3H2,1H3. The van der Waals surface area contributed by atoms with Crippen molar-refractivity contribution in [1.29, 1.82) is 0 Å². The van der Waals surface area contributed by atoms with Crippen LogP contribution in [0, 0.1) is 0 Å². The molecule has 0 amide bonds. The van der Waals surface area contributed by atoms with Crippen LogP contribution in [-0.2, 0) is 0 Å². The Morgan fingerprint density at radius 2 is 2.26 bits per heavy atom. The number of alkyl halides is 2. The van der Waals surface area contributed by atoms with E-state index in [1.54, 1.807) is 6.07 Å². The largest absolute Gasteiger partial charge is 0.431 e. The van der Waals surface area contributed by atoms with E-state index in [2.05, 4.69) is 32.9 Å². The first kappa shape index (κ1) is 15.2. The molecular formula is C12H13BrClF2NOS. The highest BCUT2D eigenvalue weighted by molar-refractivity contribution is 9.10. The number of benzene rings is 1. The van der Waals surface area contributed by atoms with Crippen LogP contribution in [0.3, 0.4) is 0 Å². The van der Waals surface area contributed by atoms with E-state index in [-0.39, 0.29) is 11.8 Å². The third kappa shape index (κ3) is 3.89. The molecule has 0 aliphatic carbocycles. The Kier molecular flexibility index (Phi) is 5.20. The molecule has 2 unspecified atom stereocenters. The molecule has 1 saturated heterocycles. The first-order chi connectivity index (χ1) is 8.97. The number of hydrogen-bond donors (Lipinski definition) is 1. The van der Waals surface area contributed by atoms with Gasteiger partial charge in [0.1, 0.15) is 0 Å². The molecule has 0 aromatic heterocycles. The average Bonchev–Trinajstić information content (AvgIpc) is 2.69. The molecule has 1 aromatic rings. The van der Waals surface area contributed by atoms with Gasteiger partial charge in [0.25, 0.3) is 0 Å². The van der Waals surface area contributed by atoms with Crippen LogP contribution >= 0.6 is 39.3 Å². The van der Waals surface area contributed by atoms with E-state index < -0.39 is 6.61 Å². The average molecular weight is 373 g/mol. The molecular weight excluding hydrogens is 360 g/mol. The molecule has 0 saturated carbocycles. The fourth-order valence-corrected chi connectivity index (χ4v) is 4.10. The Bertz CT molecular complexity index is 464. The predicted molar refractivity (Wildman–Crippen MR) is 79.7 cm³/mol. The summed E-state index contributed by atoms with van der Waals surface area (Å²) in [5, 5.41) is 4.15. The zero-order valence-corrected chi connectivity index (χ0v) is 13.3. The van der Waals surface area contributed by atoms with Crippen LogP contribution in [0.1, 0.15) is 13.3 Å². The maximum absolute atomic E-state index is 12.5. The molecule has 2 rings (SSSR count). The van der Waals surface area contributed by atoms with Gasteiger partial charge in [-0.25, -0.2) is 0 Å². The highest BCUT2D eigenvalue weighted by Crippen LogP contribution is 2.39. The van der Waals surface area contributed by atoms with Crippen LogP contribution < -0.4 is 10.1 Å². The quantitative estimate of drug-likeness (QED) is 0.803. The topological polar surface area (TPSA) is 21.3 Å². The van der Waals surface area contributed by atoms with Gasteiger partial charge < -0.3 is 10.1 Å². The summed E-state index contributed by atoms with van der Waals surface area (Å²) >= 11 is 11.0. The number of anilines is 1. The van der Waals surface area contributed by atoms with Gasteiger partial charge in [0, 0.05) is 16.3 Å². The van der Waals surface area contributed by atoms with Gasteiger partial charge in [0.15, 0.2) is 5.75 Å². The minimum absolute atomic E-state index is 0.100. The zero-order valence-electron chi connectivity index (χ0n) is 10.1. The number of nitrogens with one attached hydrogen (secondary N) is 1. The van der Waals surface area contributed by atoms with Crippen molar-refractivity contribution in [2.75, 3.05) is 11.1 Å². The van der Waals surface area contributed by atoms with Crippen molar-refractivity contribution in [1.82, 2.24) is 0 Å². The summed E-state index contributed by atoms with van der Waals surface area (Å²) in [7, 11) is 0. The fourth-order valence-electron chi connectivity index (χ4n) is 2.00.